The summed E-state index contributed by atoms with van der Waals surface area (Å²) in [5.74, 6) is 0.698. The molecule has 0 aromatic heterocycles. The van der Waals surface area contributed by atoms with E-state index in [0.29, 0.717) is 17.4 Å². The summed E-state index contributed by atoms with van der Waals surface area (Å²) in [5.41, 5.74) is 1.53. The van der Waals surface area contributed by atoms with Crippen molar-refractivity contribution in [3.63, 3.8) is 0 Å². The number of amides is 1. The van der Waals surface area contributed by atoms with Crippen LogP contribution in [0.25, 0.3) is 0 Å². The van der Waals surface area contributed by atoms with E-state index in [1.165, 1.54) is 24.3 Å². The van der Waals surface area contributed by atoms with Crippen molar-refractivity contribution in [3.05, 3.63) is 54.1 Å². The van der Waals surface area contributed by atoms with Gasteiger partial charge >= 0.3 is 0 Å². The molecule has 0 heterocycles. The van der Waals surface area contributed by atoms with Gasteiger partial charge in [-0.15, -0.1) is 0 Å². The zero-order valence-corrected chi connectivity index (χ0v) is 15.0. The smallest absolute Gasteiger partial charge is 0.262 e. The van der Waals surface area contributed by atoms with Crippen molar-refractivity contribution in [2.75, 3.05) is 11.9 Å². The third-order valence-corrected chi connectivity index (χ3v) is 4.82. The lowest BCUT2D eigenvalue weighted by Crippen LogP contribution is -2.20. The molecular weight excluding hydrogens is 340 g/mol. The Hall–Kier alpha value is -2.38. The number of hydrogen-bond donors (Lipinski definition) is 2. The van der Waals surface area contributed by atoms with Crippen LogP contribution in [0.3, 0.4) is 0 Å². The maximum Gasteiger partial charge on any atom is 0.262 e. The standard InChI is InChI=1S/C18H22N2O4S/c1-3-13(2)16-6-4-5-7-17(16)24-12-18(21)20-14-8-10-15(11-9-14)25(19,22)23/h4-11,13H,3,12H2,1-2H3,(H,20,21)(H2,19,22,23)/t13-/m0/s1. The summed E-state index contributed by atoms with van der Waals surface area (Å²) in [5, 5.41) is 7.69. The molecule has 2 aromatic rings. The molecule has 0 fully saturated rings. The largest absolute Gasteiger partial charge is 0.483 e. The van der Waals surface area contributed by atoms with Crippen molar-refractivity contribution >= 4 is 21.6 Å². The van der Waals surface area contributed by atoms with Gasteiger partial charge in [0.1, 0.15) is 5.75 Å². The van der Waals surface area contributed by atoms with Gasteiger partial charge in [0.2, 0.25) is 10.0 Å². The number of primary sulfonamides is 1. The van der Waals surface area contributed by atoms with Crippen LogP contribution in [-0.2, 0) is 14.8 Å². The van der Waals surface area contributed by atoms with Crippen LogP contribution in [0.2, 0.25) is 0 Å². The Kier molecular flexibility index (Phi) is 6.17. The highest BCUT2D eigenvalue weighted by atomic mass is 32.2. The molecule has 0 spiro atoms. The number of nitrogens with one attached hydrogen (secondary N) is 1. The van der Waals surface area contributed by atoms with Crippen LogP contribution in [0.5, 0.6) is 5.75 Å². The molecule has 1 amide bonds. The summed E-state index contributed by atoms with van der Waals surface area (Å²) in [7, 11) is -3.75. The molecule has 0 aliphatic heterocycles. The van der Waals surface area contributed by atoms with E-state index < -0.39 is 10.0 Å². The Labute approximate surface area is 148 Å². The van der Waals surface area contributed by atoms with E-state index in [-0.39, 0.29) is 17.4 Å². The van der Waals surface area contributed by atoms with E-state index in [4.69, 9.17) is 9.88 Å². The molecule has 2 aromatic carbocycles. The molecule has 25 heavy (non-hydrogen) atoms. The zero-order chi connectivity index (χ0) is 18.4. The lowest BCUT2D eigenvalue weighted by Gasteiger charge is -2.15. The van der Waals surface area contributed by atoms with Gasteiger partial charge in [-0.05, 0) is 48.2 Å². The number of para-hydroxylation sites is 1. The van der Waals surface area contributed by atoms with Gasteiger partial charge in [0, 0.05) is 5.69 Å². The first-order chi connectivity index (χ1) is 11.8. The van der Waals surface area contributed by atoms with Gasteiger partial charge in [0.15, 0.2) is 6.61 Å². The van der Waals surface area contributed by atoms with E-state index in [9.17, 15) is 13.2 Å². The number of ether oxygens (including phenoxy) is 1. The first kappa shape index (κ1) is 19.0. The van der Waals surface area contributed by atoms with Crippen molar-refractivity contribution in [1.82, 2.24) is 0 Å². The van der Waals surface area contributed by atoms with Gasteiger partial charge < -0.3 is 10.1 Å². The third-order valence-electron chi connectivity index (χ3n) is 3.89. The first-order valence-electron chi connectivity index (χ1n) is 7.95. The molecule has 1 atom stereocenters. The van der Waals surface area contributed by atoms with Crippen LogP contribution in [0, 0.1) is 0 Å². The van der Waals surface area contributed by atoms with Gasteiger partial charge in [-0.3, -0.25) is 4.79 Å². The highest BCUT2D eigenvalue weighted by Gasteiger charge is 2.12. The second-order valence-electron chi connectivity index (χ2n) is 5.75. The SMILES string of the molecule is CC[C@H](C)c1ccccc1OCC(=O)Nc1ccc(S(N)(=O)=O)cc1. The monoisotopic (exact) mass is 362 g/mol. The predicted octanol–water partition coefficient (Wildman–Crippen LogP) is 2.87. The third kappa shape index (κ3) is 5.30. The van der Waals surface area contributed by atoms with Crippen LogP contribution < -0.4 is 15.2 Å². The fraction of sp³-hybridized carbons (Fsp3) is 0.278. The van der Waals surface area contributed by atoms with Crippen LogP contribution in [0.4, 0.5) is 5.69 Å². The van der Waals surface area contributed by atoms with Gasteiger partial charge in [-0.1, -0.05) is 32.0 Å². The van der Waals surface area contributed by atoms with Gasteiger partial charge in [0.25, 0.3) is 5.91 Å². The van der Waals surface area contributed by atoms with Crippen molar-refractivity contribution in [2.45, 2.75) is 31.1 Å². The fourth-order valence-electron chi connectivity index (χ4n) is 2.31. The molecule has 0 saturated carbocycles. The number of rotatable bonds is 7. The van der Waals surface area contributed by atoms with E-state index in [1.54, 1.807) is 0 Å². The lowest BCUT2D eigenvalue weighted by atomic mass is 9.98. The second-order valence-corrected chi connectivity index (χ2v) is 7.31. The number of nitrogens with two attached hydrogens (primary N) is 1. The Balaban J connectivity index is 1.98. The average molecular weight is 362 g/mol. The summed E-state index contributed by atoms with van der Waals surface area (Å²) in [6.07, 6.45) is 0.975. The number of hydrogen-bond acceptors (Lipinski definition) is 4. The van der Waals surface area contributed by atoms with Crippen molar-refractivity contribution in [2.24, 2.45) is 5.14 Å². The number of carbonyl (C=O) groups excluding carboxylic acids is 1. The maximum absolute atomic E-state index is 12.0. The molecule has 7 heteroatoms. The van der Waals surface area contributed by atoms with Crippen LogP contribution in [0.15, 0.2) is 53.4 Å². The topological polar surface area (TPSA) is 98.5 Å². The van der Waals surface area contributed by atoms with E-state index >= 15 is 0 Å². The highest BCUT2D eigenvalue weighted by molar-refractivity contribution is 7.89. The minimum atomic E-state index is -3.75. The molecule has 0 aliphatic rings. The Bertz CT molecular complexity index is 832. The van der Waals surface area contributed by atoms with Crippen LogP contribution in [0.1, 0.15) is 31.7 Å². The molecule has 3 N–H and O–H groups in total. The molecule has 0 bridgehead atoms. The first-order valence-corrected chi connectivity index (χ1v) is 9.50. The molecule has 0 radical (unpaired) electrons. The van der Waals surface area contributed by atoms with E-state index in [1.807, 2.05) is 24.3 Å². The highest BCUT2D eigenvalue weighted by Crippen LogP contribution is 2.28. The predicted molar refractivity (Wildman–Crippen MR) is 97.1 cm³/mol. The minimum absolute atomic E-state index is 0.00997. The second kappa shape index (κ2) is 8.13. The number of benzene rings is 2. The Morgan fingerprint density at radius 1 is 1.16 bits per heavy atom. The molecule has 134 valence electrons. The quantitative estimate of drug-likeness (QED) is 0.791. The van der Waals surface area contributed by atoms with Gasteiger partial charge in [-0.25, -0.2) is 13.6 Å². The fourth-order valence-corrected chi connectivity index (χ4v) is 2.82. The van der Waals surface area contributed by atoms with Crippen LogP contribution in [-0.4, -0.2) is 20.9 Å². The zero-order valence-electron chi connectivity index (χ0n) is 14.2. The number of sulfonamides is 1. The summed E-state index contributed by atoms with van der Waals surface area (Å²) in [6, 6.07) is 13.3. The number of carbonyl (C=O) groups is 1. The van der Waals surface area contributed by atoms with Crippen molar-refractivity contribution in [1.29, 1.82) is 0 Å². The van der Waals surface area contributed by atoms with E-state index in [2.05, 4.69) is 19.2 Å². The maximum atomic E-state index is 12.0. The molecule has 0 aliphatic carbocycles. The van der Waals surface area contributed by atoms with Gasteiger partial charge in [0.05, 0.1) is 4.90 Å². The van der Waals surface area contributed by atoms with Crippen LogP contribution >= 0.6 is 0 Å². The minimum Gasteiger partial charge on any atom is -0.483 e. The van der Waals surface area contributed by atoms with Crippen molar-refractivity contribution < 1.29 is 17.9 Å². The molecular formula is C18H22N2O4S. The summed E-state index contributed by atoms with van der Waals surface area (Å²) in [6.45, 7) is 4.07. The summed E-state index contributed by atoms with van der Waals surface area (Å²) in [4.78, 5) is 12.0. The molecule has 6 nitrogen and oxygen atoms in total. The molecule has 0 unspecified atom stereocenters. The average Bonchev–Trinajstić information content (AvgIpc) is 2.59. The number of anilines is 1. The van der Waals surface area contributed by atoms with E-state index in [0.717, 1.165) is 12.0 Å². The normalized spacial score (nSPS) is 12.4. The summed E-state index contributed by atoms with van der Waals surface area (Å²) < 4.78 is 28.1. The molecule has 2 rings (SSSR count). The summed E-state index contributed by atoms with van der Waals surface area (Å²) >= 11 is 0. The Morgan fingerprint density at radius 2 is 1.80 bits per heavy atom. The Morgan fingerprint density at radius 3 is 2.40 bits per heavy atom. The molecule has 0 saturated heterocycles. The van der Waals surface area contributed by atoms with Crippen molar-refractivity contribution in [3.8, 4) is 5.75 Å². The van der Waals surface area contributed by atoms with Gasteiger partial charge in [-0.2, -0.15) is 0 Å². The lowest BCUT2D eigenvalue weighted by molar-refractivity contribution is -0.118.